The number of rotatable bonds is 2. The number of ether oxygens (including phenoxy) is 1. The summed E-state index contributed by atoms with van der Waals surface area (Å²) >= 11 is 0. The third-order valence-corrected chi connectivity index (χ3v) is 2.19. The lowest BCUT2D eigenvalue weighted by molar-refractivity contribution is -0.118. The highest BCUT2D eigenvalue weighted by molar-refractivity contribution is 4.92. The molecule has 1 fully saturated rings. The van der Waals surface area contributed by atoms with E-state index < -0.39 is 24.4 Å². The lowest BCUT2D eigenvalue weighted by Crippen LogP contribution is -2.61. The highest BCUT2D eigenvalue weighted by atomic mass is 16.5. The van der Waals surface area contributed by atoms with Crippen LogP contribution in [0.15, 0.2) is 0 Å². The minimum absolute atomic E-state index is 0.159. The average Bonchev–Trinajstić information content (AvgIpc) is 2.06. The number of nitrogens with one attached hydrogen (secondary N) is 1. The monoisotopic (exact) mass is 177 g/mol. The van der Waals surface area contributed by atoms with E-state index in [9.17, 15) is 10.2 Å². The Kier molecular flexibility index (Phi) is 3.42. The molecule has 0 radical (unpaired) electrons. The summed E-state index contributed by atoms with van der Waals surface area (Å²) in [6.45, 7) is 0.175. The molecule has 0 aromatic rings. The van der Waals surface area contributed by atoms with Crippen LogP contribution in [0.3, 0.4) is 0 Å². The summed E-state index contributed by atoms with van der Waals surface area (Å²) in [5.41, 5.74) is 0. The van der Waals surface area contributed by atoms with Gasteiger partial charge in [-0.05, 0) is 0 Å². The second kappa shape index (κ2) is 4.15. The van der Waals surface area contributed by atoms with Gasteiger partial charge in [0, 0.05) is 13.7 Å². The minimum Gasteiger partial charge on any atom is -0.395 e. The third kappa shape index (κ3) is 1.75. The topological polar surface area (TPSA) is 82.0 Å². The van der Waals surface area contributed by atoms with Gasteiger partial charge in [-0.3, -0.25) is 0 Å². The number of hydrogen-bond acceptors (Lipinski definition) is 5. The van der Waals surface area contributed by atoms with Crippen molar-refractivity contribution in [2.45, 2.75) is 24.4 Å². The summed E-state index contributed by atoms with van der Waals surface area (Å²) in [6, 6.07) is -0.404. The molecular weight excluding hydrogens is 162 g/mol. The Bertz CT molecular complexity index is 143. The van der Waals surface area contributed by atoms with E-state index in [-0.39, 0.29) is 6.61 Å². The molecule has 0 spiro atoms. The molecular formula is C7H15NO4. The van der Waals surface area contributed by atoms with E-state index in [1.54, 1.807) is 0 Å². The minimum atomic E-state index is -0.858. The largest absolute Gasteiger partial charge is 0.395 e. The van der Waals surface area contributed by atoms with Gasteiger partial charge in [-0.25, -0.2) is 0 Å². The van der Waals surface area contributed by atoms with Crippen molar-refractivity contribution in [1.82, 2.24) is 5.32 Å². The van der Waals surface area contributed by atoms with Crippen molar-refractivity contribution in [3.63, 3.8) is 0 Å². The smallest absolute Gasteiger partial charge is 0.112 e. The van der Waals surface area contributed by atoms with Gasteiger partial charge in [0.15, 0.2) is 0 Å². The summed E-state index contributed by atoms with van der Waals surface area (Å²) in [5, 5.41) is 30.4. The van der Waals surface area contributed by atoms with Crippen LogP contribution < -0.4 is 5.32 Å². The predicted octanol–water partition coefficient (Wildman–Crippen LogP) is -2.31. The maximum atomic E-state index is 9.49. The fourth-order valence-electron chi connectivity index (χ4n) is 1.43. The van der Waals surface area contributed by atoms with Crippen molar-refractivity contribution in [2.75, 3.05) is 20.3 Å². The number of methoxy groups -OCH3 is 1. The van der Waals surface area contributed by atoms with Gasteiger partial charge in [0.25, 0.3) is 0 Å². The van der Waals surface area contributed by atoms with Crippen LogP contribution in [0, 0.1) is 0 Å². The van der Waals surface area contributed by atoms with Crippen LogP contribution >= 0.6 is 0 Å². The van der Waals surface area contributed by atoms with Crippen molar-refractivity contribution in [3.05, 3.63) is 0 Å². The molecule has 1 saturated heterocycles. The highest BCUT2D eigenvalue weighted by Crippen LogP contribution is 2.12. The van der Waals surface area contributed by atoms with Gasteiger partial charge < -0.3 is 25.4 Å². The van der Waals surface area contributed by atoms with Gasteiger partial charge in [-0.2, -0.15) is 0 Å². The fraction of sp³-hybridized carbons (Fsp3) is 1.00. The summed E-state index contributed by atoms with van der Waals surface area (Å²) in [5.74, 6) is 0. The number of piperidine rings is 1. The molecule has 72 valence electrons. The normalized spacial score (nSPS) is 43.0. The quantitative estimate of drug-likeness (QED) is 0.381. The van der Waals surface area contributed by atoms with E-state index in [0.717, 1.165) is 0 Å². The summed E-state index contributed by atoms with van der Waals surface area (Å²) in [6.07, 6.45) is -2.18. The van der Waals surface area contributed by atoms with Crippen LogP contribution in [-0.2, 0) is 4.74 Å². The lowest BCUT2D eigenvalue weighted by atomic mass is 9.96. The molecule has 0 aliphatic carbocycles. The maximum Gasteiger partial charge on any atom is 0.112 e. The first-order valence-corrected chi connectivity index (χ1v) is 3.94. The van der Waals surface area contributed by atoms with Gasteiger partial charge >= 0.3 is 0 Å². The van der Waals surface area contributed by atoms with Gasteiger partial charge in [0.05, 0.1) is 18.8 Å². The molecule has 1 aliphatic heterocycles. The third-order valence-electron chi connectivity index (χ3n) is 2.19. The van der Waals surface area contributed by atoms with Crippen LogP contribution in [0.1, 0.15) is 0 Å². The molecule has 0 amide bonds. The maximum absolute atomic E-state index is 9.49. The van der Waals surface area contributed by atoms with E-state index in [1.807, 2.05) is 0 Å². The van der Waals surface area contributed by atoms with E-state index >= 15 is 0 Å². The summed E-state index contributed by atoms with van der Waals surface area (Å²) in [7, 11) is 1.43. The van der Waals surface area contributed by atoms with Crippen molar-refractivity contribution in [1.29, 1.82) is 0 Å². The van der Waals surface area contributed by atoms with E-state index in [1.165, 1.54) is 7.11 Å². The van der Waals surface area contributed by atoms with Gasteiger partial charge in [0.2, 0.25) is 0 Å². The summed E-state index contributed by atoms with van der Waals surface area (Å²) < 4.78 is 4.90. The molecule has 5 heteroatoms. The van der Waals surface area contributed by atoms with Crippen molar-refractivity contribution in [2.24, 2.45) is 0 Å². The fourth-order valence-corrected chi connectivity index (χ4v) is 1.43. The van der Waals surface area contributed by atoms with E-state index in [4.69, 9.17) is 9.84 Å². The molecule has 0 aromatic carbocycles. The molecule has 4 atom stereocenters. The molecule has 0 saturated carbocycles. The highest BCUT2D eigenvalue weighted by Gasteiger charge is 2.37. The Morgan fingerprint density at radius 3 is 2.67 bits per heavy atom. The Hall–Kier alpha value is -0.200. The van der Waals surface area contributed by atoms with Crippen LogP contribution in [0.5, 0.6) is 0 Å². The van der Waals surface area contributed by atoms with Crippen molar-refractivity contribution in [3.8, 4) is 0 Å². The van der Waals surface area contributed by atoms with Crippen LogP contribution in [0.2, 0.25) is 0 Å². The van der Waals surface area contributed by atoms with Gasteiger partial charge in [-0.1, -0.05) is 0 Å². The van der Waals surface area contributed by atoms with Crippen LogP contribution in [0.4, 0.5) is 0 Å². The van der Waals surface area contributed by atoms with Gasteiger partial charge in [-0.15, -0.1) is 0 Å². The number of aliphatic hydroxyl groups excluding tert-OH is 3. The number of β-amino-alcohol motifs (C(OH)–C–C–N with tert-alkyl or cyclic N) is 1. The molecule has 4 N–H and O–H groups in total. The first-order chi connectivity index (χ1) is 5.70. The van der Waals surface area contributed by atoms with E-state index in [0.29, 0.717) is 6.54 Å². The first kappa shape index (κ1) is 9.88. The van der Waals surface area contributed by atoms with Crippen molar-refractivity contribution >= 4 is 0 Å². The van der Waals surface area contributed by atoms with Crippen LogP contribution in [0.25, 0.3) is 0 Å². The summed E-state index contributed by atoms with van der Waals surface area (Å²) in [4.78, 5) is 0. The molecule has 0 aromatic heterocycles. The molecule has 0 unspecified atom stereocenters. The molecule has 1 rings (SSSR count). The molecule has 1 heterocycles. The number of aliphatic hydroxyl groups is 3. The standard InChI is InChI=1S/C7H15NO4/c1-12-7-5(10)2-8-4(3-9)6(7)11/h4-11H,2-3H2,1H3/t4-,5-,6-,7-/m1/s1. The molecule has 12 heavy (non-hydrogen) atoms. The first-order valence-electron chi connectivity index (χ1n) is 3.94. The SMILES string of the molecule is CO[C@H]1[C@H](O)[C@@H](CO)NC[C@H]1O. The number of hydrogen-bond donors (Lipinski definition) is 4. The lowest BCUT2D eigenvalue weighted by Gasteiger charge is -2.37. The average molecular weight is 177 g/mol. The second-order valence-electron chi connectivity index (χ2n) is 2.96. The Morgan fingerprint density at radius 1 is 1.50 bits per heavy atom. The Labute approximate surface area is 71.0 Å². The van der Waals surface area contributed by atoms with E-state index in [2.05, 4.69) is 5.32 Å². The molecule has 0 bridgehead atoms. The van der Waals surface area contributed by atoms with Gasteiger partial charge in [0.1, 0.15) is 12.2 Å². The molecule has 5 nitrogen and oxygen atoms in total. The Balaban J connectivity index is 2.56. The zero-order valence-corrected chi connectivity index (χ0v) is 6.97. The second-order valence-corrected chi connectivity index (χ2v) is 2.96. The zero-order valence-electron chi connectivity index (χ0n) is 6.97. The van der Waals surface area contributed by atoms with Crippen LogP contribution in [-0.4, -0.2) is 59.9 Å². The Morgan fingerprint density at radius 2 is 2.17 bits per heavy atom. The molecule has 1 aliphatic rings. The zero-order chi connectivity index (χ0) is 9.14. The predicted molar refractivity (Wildman–Crippen MR) is 41.7 cm³/mol. The van der Waals surface area contributed by atoms with Crippen molar-refractivity contribution < 1.29 is 20.1 Å².